The normalized spacial score (nSPS) is 12.6. The Bertz CT molecular complexity index is 429. The fraction of sp³-hybridized carbons (Fsp3) is 0.611. The third-order valence-electron chi connectivity index (χ3n) is 4.02. The monoisotopic (exact) mass is 287 g/mol. The number of unbranched alkanes of at least 4 members (excludes halogenated alkanes) is 1. The lowest BCUT2D eigenvalue weighted by atomic mass is 10.0. The fourth-order valence-corrected chi connectivity index (χ4v) is 2.47. The second kappa shape index (κ2) is 9.55. The third kappa shape index (κ3) is 5.49. The number of nitrogens with zero attached hydrogens (tertiary/aromatic N) is 3. The van der Waals surface area contributed by atoms with E-state index in [0.717, 1.165) is 44.6 Å². The quantitative estimate of drug-likeness (QED) is 0.691. The molecule has 1 aromatic rings. The standard InChI is InChI=1S/C18H29N3/c1-5-8-13-20(4)18(14-19)17-11-9-16(10-12-17)15-21(6-2)7-3/h9-12,18H,5-8,13,15H2,1-4H3. The third-order valence-corrected chi connectivity index (χ3v) is 4.02. The summed E-state index contributed by atoms with van der Waals surface area (Å²) >= 11 is 0. The molecule has 116 valence electrons. The van der Waals surface area contributed by atoms with Crippen LogP contribution in [0.25, 0.3) is 0 Å². The minimum atomic E-state index is -0.140. The number of hydrogen-bond acceptors (Lipinski definition) is 3. The fourth-order valence-electron chi connectivity index (χ4n) is 2.47. The summed E-state index contributed by atoms with van der Waals surface area (Å²) in [6, 6.07) is 10.8. The first kappa shape index (κ1) is 17.7. The molecule has 0 N–H and O–H groups in total. The van der Waals surface area contributed by atoms with Crippen LogP contribution in [0.5, 0.6) is 0 Å². The van der Waals surface area contributed by atoms with E-state index in [-0.39, 0.29) is 6.04 Å². The van der Waals surface area contributed by atoms with Crippen molar-refractivity contribution in [1.29, 1.82) is 5.26 Å². The molecular formula is C18H29N3. The summed E-state index contributed by atoms with van der Waals surface area (Å²) in [4.78, 5) is 4.53. The zero-order valence-corrected chi connectivity index (χ0v) is 14.0. The van der Waals surface area contributed by atoms with Crippen LogP contribution in [0.2, 0.25) is 0 Å². The number of nitriles is 1. The Labute approximate surface area is 130 Å². The molecule has 0 saturated carbocycles. The minimum absolute atomic E-state index is 0.140. The van der Waals surface area contributed by atoms with Crippen LogP contribution in [-0.4, -0.2) is 36.5 Å². The van der Waals surface area contributed by atoms with Crippen LogP contribution in [0, 0.1) is 11.3 Å². The lowest BCUT2D eigenvalue weighted by Crippen LogP contribution is -2.25. The predicted octanol–water partition coefficient (Wildman–Crippen LogP) is 3.82. The van der Waals surface area contributed by atoms with Gasteiger partial charge in [-0.2, -0.15) is 5.26 Å². The van der Waals surface area contributed by atoms with Gasteiger partial charge in [0.2, 0.25) is 0 Å². The van der Waals surface area contributed by atoms with Crippen LogP contribution in [-0.2, 0) is 6.54 Å². The van der Waals surface area contributed by atoms with Crippen molar-refractivity contribution in [2.75, 3.05) is 26.7 Å². The zero-order chi connectivity index (χ0) is 15.7. The lowest BCUT2D eigenvalue weighted by molar-refractivity contribution is 0.286. The Hall–Kier alpha value is -1.37. The van der Waals surface area contributed by atoms with Crippen molar-refractivity contribution in [3.63, 3.8) is 0 Å². The van der Waals surface area contributed by atoms with E-state index in [9.17, 15) is 5.26 Å². The molecule has 1 aromatic carbocycles. The van der Waals surface area contributed by atoms with Gasteiger partial charge in [-0.3, -0.25) is 9.80 Å². The van der Waals surface area contributed by atoms with Gasteiger partial charge in [-0.25, -0.2) is 0 Å². The van der Waals surface area contributed by atoms with Gasteiger partial charge in [0.1, 0.15) is 6.04 Å². The van der Waals surface area contributed by atoms with E-state index >= 15 is 0 Å². The maximum Gasteiger partial charge on any atom is 0.123 e. The minimum Gasteiger partial charge on any atom is -0.300 e. The highest BCUT2D eigenvalue weighted by Crippen LogP contribution is 2.20. The molecule has 0 aromatic heterocycles. The number of benzene rings is 1. The topological polar surface area (TPSA) is 30.3 Å². The number of hydrogen-bond donors (Lipinski definition) is 0. The zero-order valence-electron chi connectivity index (χ0n) is 14.0. The van der Waals surface area contributed by atoms with E-state index in [4.69, 9.17) is 0 Å². The Morgan fingerprint density at radius 3 is 2.19 bits per heavy atom. The average Bonchev–Trinajstić information content (AvgIpc) is 2.52. The summed E-state index contributed by atoms with van der Waals surface area (Å²) in [5, 5.41) is 9.44. The Balaban J connectivity index is 2.73. The molecule has 0 aliphatic carbocycles. The van der Waals surface area contributed by atoms with Gasteiger partial charge in [0.05, 0.1) is 6.07 Å². The molecule has 0 fully saturated rings. The van der Waals surface area contributed by atoms with E-state index in [0.29, 0.717) is 0 Å². The van der Waals surface area contributed by atoms with Gasteiger partial charge in [-0.1, -0.05) is 51.5 Å². The van der Waals surface area contributed by atoms with Crippen LogP contribution in [0.3, 0.4) is 0 Å². The smallest absolute Gasteiger partial charge is 0.123 e. The maximum absolute atomic E-state index is 9.44. The SMILES string of the molecule is CCCCN(C)C(C#N)c1ccc(CN(CC)CC)cc1. The summed E-state index contributed by atoms with van der Waals surface area (Å²) in [5.74, 6) is 0. The van der Waals surface area contributed by atoms with Crippen LogP contribution in [0.15, 0.2) is 24.3 Å². The highest BCUT2D eigenvalue weighted by Gasteiger charge is 2.15. The molecule has 1 rings (SSSR count). The van der Waals surface area contributed by atoms with Crippen LogP contribution >= 0.6 is 0 Å². The summed E-state index contributed by atoms with van der Waals surface area (Å²) in [6.07, 6.45) is 2.29. The van der Waals surface area contributed by atoms with E-state index < -0.39 is 0 Å². The van der Waals surface area contributed by atoms with Gasteiger partial charge in [0, 0.05) is 6.54 Å². The largest absolute Gasteiger partial charge is 0.300 e. The molecule has 0 heterocycles. The molecule has 21 heavy (non-hydrogen) atoms. The predicted molar refractivity (Wildman–Crippen MR) is 89.0 cm³/mol. The highest BCUT2D eigenvalue weighted by molar-refractivity contribution is 5.28. The van der Waals surface area contributed by atoms with Crippen molar-refractivity contribution < 1.29 is 0 Å². The molecule has 0 amide bonds. The van der Waals surface area contributed by atoms with Crippen molar-refractivity contribution in [2.45, 2.75) is 46.2 Å². The van der Waals surface area contributed by atoms with Gasteiger partial charge in [0.25, 0.3) is 0 Å². The van der Waals surface area contributed by atoms with Crippen molar-refractivity contribution >= 4 is 0 Å². The summed E-state index contributed by atoms with van der Waals surface area (Å²) < 4.78 is 0. The molecule has 3 heteroatoms. The average molecular weight is 287 g/mol. The maximum atomic E-state index is 9.44. The molecule has 1 atom stereocenters. The molecule has 0 aliphatic heterocycles. The molecule has 0 saturated heterocycles. The molecule has 0 spiro atoms. The van der Waals surface area contributed by atoms with Crippen molar-refractivity contribution in [3.8, 4) is 6.07 Å². The van der Waals surface area contributed by atoms with E-state index in [1.165, 1.54) is 5.56 Å². The first-order valence-corrected chi connectivity index (χ1v) is 8.07. The van der Waals surface area contributed by atoms with Gasteiger partial charge in [-0.05, 0) is 44.2 Å². The van der Waals surface area contributed by atoms with Crippen molar-refractivity contribution in [1.82, 2.24) is 9.80 Å². The lowest BCUT2D eigenvalue weighted by Gasteiger charge is -2.23. The van der Waals surface area contributed by atoms with Gasteiger partial charge < -0.3 is 0 Å². The van der Waals surface area contributed by atoms with E-state index in [1.54, 1.807) is 0 Å². The first-order valence-electron chi connectivity index (χ1n) is 8.07. The van der Waals surface area contributed by atoms with Gasteiger partial charge >= 0.3 is 0 Å². The second-order valence-electron chi connectivity index (χ2n) is 5.57. The Kier molecular flexibility index (Phi) is 8.04. The molecular weight excluding hydrogens is 258 g/mol. The Morgan fingerprint density at radius 2 is 1.71 bits per heavy atom. The summed E-state index contributed by atoms with van der Waals surface area (Å²) in [5.41, 5.74) is 2.41. The molecule has 0 bridgehead atoms. The van der Waals surface area contributed by atoms with Crippen LogP contribution in [0.4, 0.5) is 0 Å². The molecule has 3 nitrogen and oxygen atoms in total. The molecule has 0 radical (unpaired) electrons. The van der Waals surface area contributed by atoms with E-state index in [2.05, 4.69) is 60.9 Å². The second-order valence-corrected chi connectivity index (χ2v) is 5.57. The molecule has 1 unspecified atom stereocenters. The summed E-state index contributed by atoms with van der Waals surface area (Å²) in [6.45, 7) is 10.6. The van der Waals surface area contributed by atoms with Crippen LogP contribution < -0.4 is 0 Å². The van der Waals surface area contributed by atoms with Crippen molar-refractivity contribution in [3.05, 3.63) is 35.4 Å². The Morgan fingerprint density at radius 1 is 1.10 bits per heavy atom. The van der Waals surface area contributed by atoms with Crippen molar-refractivity contribution in [2.24, 2.45) is 0 Å². The van der Waals surface area contributed by atoms with E-state index in [1.807, 2.05) is 7.05 Å². The van der Waals surface area contributed by atoms with Gasteiger partial charge in [0.15, 0.2) is 0 Å². The number of rotatable bonds is 9. The van der Waals surface area contributed by atoms with Crippen LogP contribution in [0.1, 0.15) is 50.8 Å². The summed E-state index contributed by atoms with van der Waals surface area (Å²) in [7, 11) is 2.04. The first-order chi connectivity index (χ1) is 10.2. The highest BCUT2D eigenvalue weighted by atomic mass is 15.1. The van der Waals surface area contributed by atoms with Gasteiger partial charge in [-0.15, -0.1) is 0 Å². The molecule has 0 aliphatic rings.